The molecule has 0 radical (unpaired) electrons. The summed E-state index contributed by atoms with van der Waals surface area (Å²) in [5.74, 6) is -0.432. The first kappa shape index (κ1) is 11.7. The molecule has 100 valence electrons. The first-order valence-corrected chi connectivity index (χ1v) is 7.19. The second kappa shape index (κ2) is 3.96. The van der Waals surface area contributed by atoms with Crippen LogP contribution < -0.4 is 4.90 Å². The van der Waals surface area contributed by atoms with Crippen LogP contribution in [-0.2, 0) is 9.59 Å². The molecule has 4 rings (SSSR count). The molecule has 3 aliphatic rings. The molecule has 3 heterocycles. The van der Waals surface area contributed by atoms with Crippen molar-refractivity contribution in [2.75, 3.05) is 4.90 Å². The van der Waals surface area contributed by atoms with Crippen molar-refractivity contribution in [3.8, 4) is 0 Å². The van der Waals surface area contributed by atoms with Crippen LogP contribution in [0.4, 0.5) is 5.69 Å². The number of hydrogen-bond acceptors (Lipinski definition) is 5. The van der Waals surface area contributed by atoms with Crippen molar-refractivity contribution in [3.05, 3.63) is 41.4 Å². The average Bonchev–Trinajstić information content (AvgIpc) is 3.03. The van der Waals surface area contributed by atoms with Crippen LogP contribution in [0.1, 0.15) is 5.56 Å². The molecule has 0 unspecified atom stereocenters. The predicted octanol–water partition coefficient (Wildman–Crippen LogP) is 1.50. The van der Waals surface area contributed by atoms with E-state index >= 15 is 0 Å². The molecule has 0 bridgehead atoms. The number of amides is 2. The highest BCUT2D eigenvalue weighted by Gasteiger charge is 2.55. The third-order valence-electron chi connectivity index (χ3n) is 3.67. The minimum atomic E-state index is -0.601. The van der Waals surface area contributed by atoms with Crippen molar-refractivity contribution >= 4 is 34.4 Å². The molecule has 1 aromatic carbocycles. The molecule has 1 saturated heterocycles. The molecule has 3 aliphatic heterocycles. The maximum atomic E-state index is 12.6. The highest BCUT2D eigenvalue weighted by molar-refractivity contribution is 8.16. The summed E-state index contributed by atoms with van der Waals surface area (Å²) in [5, 5.41) is 2.62. The molecule has 5 nitrogen and oxygen atoms in total. The molecule has 6 heteroatoms. The van der Waals surface area contributed by atoms with Crippen LogP contribution in [0.5, 0.6) is 0 Å². The van der Waals surface area contributed by atoms with E-state index in [2.05, 4.69) is 4.99 Å². The van der Waals surface area contributed by atoms with E-state index in [0.717, 1.165) is 10.7 Å². The number of aryl methyl sites for hydroxylation is 1. The second-order valence-electron chi connectivity index (χ2n) is 4.96. The fraction of sp³-hybridized carbons (Fsp3) is 0.214. The maximum Gasteiger partial charge on any atom is 0.261 e. The molecular weight excluding hydrogens is 274 g/mol. The Morgan fingerprint density at radius 1 is 1.25 bits per heavy atom. The standard InChI is InChI=1S/C14H11N3O2S/c1-8-3-2-4-9(7-8)17-12(18)10-11(13(17)19)16-5-6-20-14(16)15-10/h2-7,10-11H,1H3/t10-,11+/m1/s1. The molecule has 1 fully saturated rings. The molecule has 0 spiro atoms. The van der Waals surface area contributed by atoms with Crippen LogP contribution in [0.3, 0.4) is 0 Å². The van der Waals surface area contributed by atoms with Gasteiger partial charge in [-0.15, -0.1) is 0 Å². The monoisotopic (exact) mass is 285 g/mol. The third-order valence-corrected chi connectivity index (χ3v) is 4.46. The van der Waals surface area contributed by atoms with Gasteiger partial charge in [0.1, 0.15) is 6.04 Å². The Kier molecular flexibility index (Phi) is 2.32. The lowest BCUT2D eigenvalue weighted by atomic mass is 10.2. The number of carbonyl (C=O) groups is 2. The van der Waals surface area contributed by atoms with Gasteiger partial charge >= 0.3 is 0 Å². The summed E-state index contributed by atoms with van der Waals surface area (Å²) in [5.41, 5.74) is 1.64. The van der Waals surface area contributed by atoms with Gasteiger partial charge in [0.15, 0.2) is 11.2 Å². The van der Waals surface area contributed by atoms with E-state index in [4.69, 9.17) is 0 Å². The number of imide groups is 1. The number of hydrogen-bond donors (Lipinski definition) is 0. The van der Waals surface area contributed by atoms with Crippen molar-refractivity contribution in [3.63, 3.8) is 0 Å². The van der Waals surface area contributed by atoms with Gasteiger partial charge in [0.2, 0.25) is 0 Å². The van der Waals surface area contributed by atoms with Crippen molar-refractivity contribution in [2.24, 2.45) is 4.99 Å². The number of benzene rings is 1. The molecule has 0 saturated carbocycles. The first-order chi connectivity index (χ1) is 9.66. The molecule has 2 amide bonds. The van der Waals surface area contributed by atoms with E-state index in [1.165, 1.54) is 16.7 Å². The maximum absolute atomic E-state index is 12.6. The lowest BCUT2D eigenvalue weighted by molar-refractivity contribution is -0.122. The van der Waals surface area contributed by atoms with E-state index in [-0.39, 0.29) is 11.8 Å². The van der Waals surface area contributed by atoms with Crippen LogP contribution >= 0.6 is 11.8 Å². The summed E-state index contributed by atoms with van der Waals surface area (Å²) >= 11 is 1.45. The number of nitrogens with zero attached hydrogens (tertiary/aromatic N) is 3. The zero-order valence-corrected chi connectivity index (χ0v) is 11.5. The lowest BCUT2D eigenvalue weighted by Gasteiger charge is -2.19. The van der Waals surface area contributed by atoms with Crippen molar-refractivity contribution in [1.82, 2.24) is 4.90 Å². The number of thioether (sulfide) groups is 1. The number of carbonyl (C=O) groups excluding carboxylic acids is 2. The number of aliphatic imine (C=N–C) groups is 1. The number of fused-ring (bicyclic) bond motifs is 3. The van der Waals surface area contributed by atoms with E-state index in [1.807, 2.05) is 36.7 Å². The van der Waals surface area contributed by atoms with Crippen LogP contribution in [0, 0.1) is 6.92 Å². The fourth-order valence-electron chi connectivity index (χ4n) is 2.77. The Hall–Kier alpha value is -2.08. The quantitative estimate of drug-likeness (QED) is 0.734. The minimum Gasteiger partial charge on any atom is -0.312 e. The number of amidine groups is 1. The topological polar surface area (TPSA) is 53.0 Å². The Balaban J connectivity index is 1.76. The van der Waals surface area contributed by atoms with Crippen molar-refractivity contribution in [1.29, 1.82) is 0 Å². The van der Waals surface area contributed by atoms with Gasteiger partial charge in [-0.3, -0.25) is 9.59 Å². The summed E-state index contributed by atoms with van der Waals surface area (Å²) in [6.07, 6.45) is 1.82. The van der Waals surface area contributed by atoms with Crippen LogP contribution in [0.25, 0.3) is 0 Å². The van der Waals surface area contributed by atoms with E-state index in [0.29, 0.717) is 5.69 Å². The van der Waals surface area contributed by atoms with Crippen molar-refractivity contribution in [2.45, 2.75) is 19.0 Å². The van der Waals surface area contributed by atoms with Gasteiger partial charge in [0.25, 0.3) is 11.8 Å². The zero-order valence-electron chi connectivity index (χ0n) is 10.7. The number of rotatable bonds is 1. The average molecular weight is 285 g/mol. The van der Waals surface area contributed by atoms with Gasteiger partial charge in [-0.25, -0.2) is 9.89 Å². The van der Waals surface area contributed by atoms with Gasteiger partial charge in [0, 0.05) is 6.20 Å². The Bertz CT molecular complexity index is 697. The van der Waals surface area contributed by atoms with E-state index < -0.39 is 12.1 Å². The molecule has 1 aromatic rings. The molecular formula is C14H11N3O2S. The first-order valence-electron chi connectivity index (χ1n) is 6.31. The molecule has 0 N–H and O–H groups in total. The Labute approximate surface area is 120 Å². The van der Waals surface area contributed by atoms with Gasteiger partial charge in [-0.1, -0.05) is 23.9 Å². The van der Waals surface area contributed by atoms with Crippen LogP contribution in [0.15, 0.2) is 40.9 Å². The van der Waals surface area contributed by atoms with Gasteiger partial charge in [0.05, 0.1) is 5.69 Å². The summed E-state index contributed by atoms with van der Waals surface area (Å²) < 4.78 is 0. The minimum absolute atomic E-state index is 0.198. The normalized spacial score (nSPS) is 27.1. The van der Waals surface area contributed by atoms with E-state index in [1.54, 1.807) is 11.0 Å². The highest BCUT2D eigenvalue weighted by Crippen LogP contribution is 2.37. The van der Waals surface area contributed by atoms with Crippen LogP contribution in [-0.4, -0.2) is 34.0 Å². The summed E-state index contributed by atoms with van der Waals surface area (Å²) in [6, 6.07) is 6.30. The number of anilines is 1. The zero-order chi connectivity index (χ0) is 13.9. The lowest BCUT2D eigenvalue weighted by Crippen LogP contribution is -2.39. The van der Waals surface area contributed by atoms with E-state index in [9.17, 15) is 9.59 Å². The van der Waals surface area contributed by atoms with Gasteiger partial charge < -0.3 is 4.90 Å². The summed E-state index contributed by atoms with van der Waals surface area (Å²) in [6.45, 7) is 1.94. The fourth-order valence-corrected chi connectivity index (χ4v) is 3.56. The Morgan fingerprint density at radius 3 is 2.90 bits per heavy atom. The van der Waals surface area contributed by atoms with Crippen molar-refractivity contribution < 1.29 is 9.59 Å². The smallest absolute Gasteiger partial charge is 0.261 e. The Morgan fingerprint density at radius 2 is 2.10 bits per heavy atom. The molecule has 2 atom stereocenters. The second-order valence-corrected chi connectivity index (χ2v) is 5.84. The van der Waals surface area contributed by atoms with Gasteiger partial charge in [-0.05, 0) is 30.0 Å². The molecule has 0 aliphatic carbocycles. The SMILES string of the molecule is Cc1cccc(N2C(=O)[C@@H]3[C@@H](N=C4SC=CN43)C2=O)c1. The third kappa shape index (κ3) is 1.42. The summed E-state index contributed by atoms with van der Waals surface area (Å²) in [4.78, 5) is 32.5. The predicted molar refractivity (Wildman–Crippen MR) is 77.3 cm³/mol. The molecule has 20 heavy (non-hydrogen) atoms. The largest absolute Gasteiger partial charge is 0.312 e. The summed E-state index contributed by atoms with van der Waals surface area (Å²) in [7, 11) is 0. The highest BCUT2D eigenvalue weighted by atomic mass is 32.2. The van der Waals surface area contributed by atoms with Gasteiger partial charge in [-0.2, -0.15) is 0 Å². The molecule has 0 aromatic heterocycles. The van der Waals surface area contributed by atoms with Crippen LogP contribution in [0.2, 0.25) is 0 Å².